The highest BCUT2D eigenvalue weighted by atomic mass is 127. The highest BCUT2D eigenvalue weighted by molar-refractivity contribution is 14.1. The van der Waals surface area contributed by atoms with Gasteiger partial charge in [0, 0.05) is 9.65 Å². The first-order chi connectivity index (χ1) is 11.0. The number of rotatable bonds is 9. The van der Waals surface area contributed by atoms with E-state index in [1.165, 1.54) is 0 Å². The molecule has 0 heterocycles. The summed E-state index contributed by atoms with van der Waals surface area (Å²) in [4.78, 5) is 23.0. The zero-order valence-corrected chi connectivity index (χ0v) is 15.9. The number of carbonyl (C=O) groups excluding carboxylic acids is 2. The Bertz CT molecular complexity index is 566. The molecule has 0 aromatic heterocycles. The number of ether oxygens (including phenoxy) is 2. The number of hydrogen-bond donors (Lipinski definition) is 0. The van der Waals surface area contributed by atoms with Crippen molar-refractivity contribution in [1.29, 1.82) is 0 Å². The Labute approximate surface area is 151 Å². The normalized spacial score (nSPS) is 10.2. The van der Waals surface area contributed by atoms with E-state index in [4.69, 9.17) is 9.47 Å². The molecule has 4 nitrogen and oxygen atoms in total. The molecule has 0 saturated heterocycles. The molecule has 0 radical (unpaired) electrons. The van der Waals surface area contributed by atoms with Gasteiger partial charge >= 0.3 is 11.9 Å². The Hall–Kier alpha value is -1.37. The standard InChI is InChI=1S/C18H23IO4/c1-4-17(20)22-9-7-5-6-8-10-23-18(21)15-11-13(2)12-16(19)14(15)3/h4,11-12H,1,5-10H2,2-3H3. The van der Waals surface area contributed by atoms with E-state index in [0.29, 0.717) is 18.8 Å². The number of esters is 2. The topological polar surface area (TPSA) is 52.6 Å². The summed E-state index contributed by atoms with van der Waals surface area (Å²) >= 11 is 2.23. The first-order valence-corrected chi connectivity index (χ1v) is 8.76. The van der Waals surface area contributed by atoms with Crippen LogP contribution in [0.15, 0.2) is 24.8 Å². The summed E-state index contributed by atoms with van der Waals surface area (Å²) in [7, 11) is 0. The lowest BCUT2D eigenvalue weighted by Gasteiger charge is -2.10. The lowest BCUT2D eigenvalue weighted by molar-refractivity contribution is -0.137. The zero-order valence-electron chi connectivity index (χ0n) is 13.7. The van der Waals surface area contributed by atoms with E-state index in [-0.39, 0.29) is 11.9 Å². The maximum Gasteiger partial charge on any atom is 0.338 e. The van der Waals surface area contributed by atoms with Crippen LogP contribution in [0.1, 0.15) is 47.2 Å². The maximum atomic E-state index is 12.1. The number of carbonyl (C=O) groups is 2. The van der Waals surface area contributed by atoms with Crippen molar-refractivity contribution in [2.24, 2.45) is 0 Å². The molecule has 126 valence electrons. The number of benzene rings is 1. The highest BCUT2D eigenvalue weighted by Crippen LogP contribution is 2.19. The van der Waals surface area contributed by atoms with Crippen molar-refractivity contribution in [2.45, 2.75) is 39.5 Å². The van der Waals surface area contributed by atoms with Crippen molar-refractivity contribution in [3.8, 4) is 0 Å². The van der Waals surface area contributed by atoms with Crippen molar-refractivity contribution in [3.05, 3.63) is 45.0 Å². The Kier molecular flexibility index (Phi) is 8.91. The third-order valence-electron chi connectivity index (χ3n) is 3.39. The van der Waals surface area contributed by atoms with E-state index in [1.807, 2.05) is 26.0 Å². The van der Waals surface area contributed by atoms with Crippen LogP contribution in [0.3, 0.4) is 0 Å². The minimum Gasteiger partial charge on any atom is -0.463 e. The van der Waals surface area contributed by atoms with Gasteiger partial charge in [0.05, 0.1) is 18.8 Å². The fourth-order valence-electron chi connectivity index (χ4n) is 2.06. The first-order valence-electron chi connectivity index (χ1n) is 7.68. The zero-order chi connectivity index (χ0) is 17.2. The van der Waals surface area contributed by atoms with E-state index in [0.717, 1.165) is 46.5 Å². The second-order valence-corrected chi connectivity index (χ2v) is 6.50. The van der Waals surface area contributed by atoms with Gasteiger partial charge in [0.1, 0.15) is 0 Å². The van der Waals surface area contributed by atoms with E-state index in [2.05, 4.69) is 29.2 Å². The van der Waals surface area contributed by atoms with Crippen molar-refractivity contribution in [3.63, 3.8) is 0 Å². The Morgan fingerprint density at radius 3 is 2.30 bits per heavy atom. The minimum atomic E-state index is -0.387. The van der Waals surface area contributed by atoms with Gasteiger partial charge in [-0.3, -0.25) is 0 Å². The van der Waals surface area contributed by atoms with Crippen LogP contribution in [-0.4, -0.2) is 25.2 Å². The predicted octanol–water partition coefficient (Wildman–Crippen LogP) is 4.35. The molecule has 0 aliphatic carbocycles. The lowest BCUT2D eigenvalue weighted by atomic mass is 10.1. The molecule has 1 aromatic carbocycles. The summed E-state index contributed by atoms with van der Waals surface area (Å²) in [6.45, 7) is 8.06. The van der Waals surface area contributed by atoms with Gasteiger partial charge in [0.2, 0.25) is 0 Å². The molecular formula is C18H23IO4. The van der Waals surface area contributed by atoms with Crippen LogP contribution in [0, 0.1) is 17.4 Å². The molecule has 0 aliphatic heterocycles. The van der Waals surface area contributed by atoms with Crippen molar-refractivity contribution >= 4 is 34.5 Å². The first kappa shape index (κ1) is 19.7. The third kappa shape index (κ3) is 7.16. The second-order valence-electron chi connectivity index (χ2n) is 5.34. The molecule has 1 aromatic rings. The molecule has 0 aliphatic rings. The van der Waals surface area contributed by atoms with Crippen molar-refractivity contribution < 1.29 is 19.1 Å². The lowest BCUT2D eigenvalue weighted by Crippen LogP contribution is -2.09. The molecule has 0 amide bonds. The Morgan fingerprint density at radius 2 is 1.70 bits per heavy atom. The van der Waals surface area contributed by atoms with Crippen LogP contribution in [0.25, 0.3) is 0 Å². The van der Waals surface area contributed by atoms with E-state index >= 15 is 0 Å². The summed E-state index contributed by atoms with van der Waals surface area (Å²) in [5, 5.41) is 0. The molecule has 23 heavy (non-hydrogen) atoms. The Morgan fingerprint density at radius 1 is 1.09 bits per heavy atom. The van der Waals surface area contributed by atoms with E-state index in [1.54, 1.807) is 0 Å². The monoisotopic (exact) mass is 430 g/mol. The van der Waals surface area contributed by atoms with Gasteiger partial charge in [-0.15, -0.1) is 0 Å². The number of hydrogen-bond acceptors (Lipinski definition) is 4. The SMILES string of the molecule is C=CC(=O)OCCCCCCOC(=O)c1cc(C)cc(I)c1C. The Balaban J connectivity index is 2.22. The third-order valence-corrected chi connectivity index (χ3v) is 4.51. The predicted molar refractivity (Wildman–Crippen MR) is 98.5 cm³/mol. The number of unbranched alkanes of at least 4 members (excludes halogenated alkanes) is 3. The van der Waals surface area contributed by atoms with Crippen molar-refractivity contribution in [2.75, 3.05) is 13.2 Å². The van der Waals surface area contributed by atoms with Gasteiger partial charge < -0.3 is 9.47 Å². The largest absolute Gasteiger partial charge is 0.463 e. The average Bonchev–Trinajstić information content (AvgIpc) is 2.52. The maximum absolute atomic E-state index is 12.1. The van der Waals surface area contributed by atoms with Crippen LogP contribution in [0.2, 0.25) is 0 Å². The minimum absolute atomic E-state index is 0.260. The van der Waals surface area contributed by atoms with Crippen LogP contribution < -0.4 is 0 Å². The second kappa shape index (κ2) is 10.4. The van der Waals surface area contributed by atoms with Crippen LogP contribution >= 0.6 is 22.6 Å². The van der Waals surface area contributed by atoms with Gasteiger partial charge in [-0.1, -0.05) is 6.58 Å². The summed E-state index contributed by atoms with van der Waals surface area (Å²) in [6.07, 6.45) is 4.65. The summed E-state index contributed by atoms with van der Waals surface area (Å²) < 4.78 is 11.3. The quantitative estimate of drug-likeness (QED) is 0.253. The van der Waals surface area contributed by atoms with E-state index in [9.17, 15) is 9.59 Å². The number of aryl methyl sites for hydroxylation is 1. The van der Waals surface area contributed by atoms with Crippen molar-refractivity contribution in [1.82, 2.24) is 0 Å². The molecule has 5 heteroatoms. The van der Waals surface area contributed by atoms with Crippen LogP contribution in [-0.2, 0) is 14.3 Å². The molecule has 1 rings (SSSR count). The average molecular weight is 430 g/mol. The molecule has 0 bridgehead atoms. The molecule has 0 atom stereocenters. The molecule has 0 unspecified atom stereocenters. The van der Waals surface area contributed by atoms with Gasteiger partial charge in [-0.2, -0.15) is 0 Å². The fourth-order valence-corrected chi connectivity index (χ4v) is 2.84. The van der Waals surface area contributed by atoms with Gasteiger partial charge in [0.15, 0.2) is 0 Å². The molecule has 0 N–H and O–H groups in total. The molecular weight excluding hydrogens is 407 g/mol. The molecule has 0 spiro atoms. The summed E-state index contributed by atoms with van der Waals surface area (Å²) in [5.74, 6) is -0.647. The number of halogens is 1. The van der Waals surface area contributed by atoms with E-state index < -0.39 is 0 Å². The fraction of sp³-hybridized carbons (Fsp3) is 0.444. The van der Waals surface area contributed by atoms with Crippen LogP contribution in [0.4, 0.5) is 0 Å². The van der Waals surface area contributed by atoms with Gasteiger partial charge in [0.25, 0.3) is 0 Å². The smallest absolute Gasteiger partial charge is 0.338 e. The highest BCUT2D eigenvalue weighted by Gasteiger charge is 2.13. The van der Waals surface area contributed by atoms with Crippen LogP contribution in [0.5, 0.6) is 0 Å². The molecule has 0 saturated carbocycles. The van der Waals surface area contributed by atoms with Gasteiger partial charge in [-0.05, 0) is 85.4 Å². The summed E-state index contributed by atoms with van der Waals surface area (Å²) in [5.41, 5.74) is 2.66. The van der Waals surface area contributed by atoms with Gasteiger partial charge in [-0.25, -0.2) is 9.59 Å². The summed E-state index contributed by atoms with van der Waals surface area (Å²) in [6, 6.07) is 3.92. The molecule has 0 fully saturated rings.